The Morgan fingerprint density at radius 3 is 2.67 bits per heavy atom. The molecule has 3 saturated carbocycles. The summed E-state index contributed by atoms with van der Waals surface area (Å²) in [5.74, 6) is -0.0101. The molecule has 190 valence electrons. The standard InChI is InChI=1S/C28H34N4O4/c1-36-24-10-6-8-21-20(24)14-22(31-21)25(34)32-28(16-27(17-28)11-3-2-4-12-27)26(35)30-19(15-29)13-18-7-5-9-23(18)33/h6,8,10,14,18-19,31H,2-5,7,9,11-13,16-17H2,1H3,(H,30,35)(H,32,34)/t18-,19-/m0/s1. The van der Waals surface area contributed by atoms with Crippen molar-refractivity contribution in [2.24, 2.45) is 11.3 Å². The van der Waals surface area contributed by atoms with E-state index in [1.807, 2.05) is 18.2 Å². The Balaban J connectivity index is 1.35. The second-order valence-corrected chi connectivity index (χ2v) is 11.0. The summed E-state index contributed by atoms with van der Waals surface area (Å²) in [6.45, 7) is 0. The van der Waals surface area contributed by atoms with Gasteiger partial charge in [-0.05, 0) is 68.6 Å². The van der Waals surface area contributed by atoms with Crippen LogP contribution in [0.3, 0.4) is 0 Å². The Labute approximate surface area is 211 Å². The van der Waals surface area contributed by atoms with Crippen LogP contribution in [-0.2, 0) is 9.59 Å². The first-order valence-electron chi connectivity index (χ1n) is 13.1. The van der Waals surface area contributed by atoms with Gasteiger partial charge in [0.15, 0.2) is 0 Å². The van der Waals surface area contributed by atoms with Gasteiger partial charge in [0.2, 0.25) is 5.91 Å². The van der Waals surface area contributed by atoms with Crippen LogP contribution in [0.15, 0.2) is 24.3 Å². The van der Waals surface area contributed by atoms with Crippen LogP contribution in [0, 0.1) is 22.7 Å². The lowest BCUT2D eigenvalue weighted by atomic mass is 9.51. The number of aromatic amines is 1. The number of Topliss-reactive ketones (excluding diaryl/α,β-unsaturated/α-hetero) is 1. The highest BCUT2D eigenvalue weighted by Gasteiger charge is 2.59. The molecule has 0 bridgehead atoms. The maximum atomic E-state index is 13.6. The van der Waals surface area contributed by atoms with Crippen molar-refractivity contribution >= 4 is 28.5 Å². The average Bonchev–Trinajstić information content (AvgIpc) is 3.49. The number of aromatic nitrogens is 1. The summed E-state index contributed by atoms with van der Waals surface area (Å²) < 4.78 is 5.41. The predicted molar refractivity (Wildman–Crippen MR) is 134 cm³/mol. The van der Waals surface area contributed by atoms with Crippen LogP contribution in [-0.4, -0.2) is 41.3 Å². The summed E-state index contributed by atoms with van der Waals surface area (Å²) in [6.07, 6.45) is 9.22. The number of ketones is 1. The van der Waals surface area contributed by atoms with Gasteiger partial charge in [0.05, 0.1) is 13.2 Å². The largest absolute Gasteiger partial charge is 0.496 e. The van der Waals surface area contributed by atoms with Crippen molar-refractivity contribution in [2.45, 2.75) is 82.2 Å². The van der Waals surface area contributed by atoms with Crippen LogP contribution in [0.1, 0.15) is 81.1 Å². The van der Waals surface area contributed by atoms with Gasteiger partial charge in [-0.2, -0.15) is 5.26 Å². The van der Waals surface area contributed by atoms with Crippen molar-refractivity contribution in [3.05, 3.63) is 30.0 Å². The second kappa shape index (κ2) is 9.61. The number of benzene rings is 1. The quantitative estimate of drug-likeness (QED) is 0.538. The van der Waals surface area contributed by atoms with Gasteiger partial charge in [-0.25, -0.2) is 0 Å². The molecule has 0 radical (unpaired) electrons. The summed E-state index contributed by atoms with van der Waals surface area (Å²) in [6, 6.07) is 8.72. The molecule has 1 heterocycles. The molecule has 2 amide bonds. The first-order valence-corrected chi connectivity index (χ1v) is 13.1. The van der Waals surface area contributed by atoms with E-state index in [4.69, 9.17) is 4.74 Å². The molecular formula is C28H34N4O4. The number of hydrogen-bond acceptors (Lipinski definition) is 5. The van der Waals surface area contributed by atoms with E-state index in [1.54, 1.807) is 13.2 Å². The first-order chi connectivity index (χ1) is 17.4. The summed E-state index contributed by atoms with van der Waals surface area (Å²) in [5, 5.41) is 16.5. The van der Waals surface area contributed by atoms with Crippen LogP contribution < -0.4 is 15.4 Å². The number of nitrogens with zero attached hydrogens (tertiary/aromatic N) is 1. The van der Waals surface area contributed by atoms with Gasteiger partial charge in [-0.15, -0.1) is 0 Å². The zero-order valence-electron chi connectivity index (χ0n) is 20.8. The minimum atomic E-state index is -1.06. The van der Waals surface area contributed by atoms with Gasteiger partial charge in [0, 0.05) is 23.2 Å². The minimum absolute atomic E-state index is 0.0656. The molecule has 36 heavy (non-hydrogen) atoms. The van der Waals surface area contributed by atoms with Crippen molar-refractivity contribution < 1.29 is 19.1 Å². The third-order valence-corrected chi connectivity index (χ3v) is 8.56. The predicted octanol–water partition coefficient (Wildman–Crippen LogP) is 4.16. The summed E-state index contributed by atoms with van der Waals surface area (Å²) in [7, 11) is 1.59. The molecule has 3 aliphatic rings. The number of methoxy groups -OCH3 is 1. The van der Waals surface area contributed by atoms with E-state index < -0.39 is 11.6 Å². The van der Waals surface area contributed by atoms with E-state index in [-0.39, 0.29) is 28.9 Å². The SMILES string of the molecule is COc1cccc2[nH]c(C(=O)NC3(C(=O)N[C@H](C#N)C[C@@H]4CCCC4=O)CC4(CCCCC4)C3)cc12. The molecule has 2 atom stereocenters. The fraction of sp³-hybridized carbons (Fsp3) is 0.571. The third kappa shape index (κ3) is 4.47. The van der Waals surface area contributed by atoms with Crippen LogP contribution in [0.5, 0.6) is 5.75 Å². The van der Waals surface area contributed by atoms with Gasteiger partial charge < -0.3 is 20.4 Å². The Bertz CT molecular complexity index is 1210. The molecular weight excluding hydrogens is 456 g/mol. The average molecular weight is 491 g/mol. The minimum Gasteiger partial charge on any atom is -0.496 e. The zero-order chi connectivity index (χ0) is 25.3. The first kappa shape index (κ1) is 24.4. The fourth-order valence-electron chi connectivity index (χ4n) is 6.76. The van der Waals surface area contributed by atoms with Crippen molar-refractivity contribution in [3.8, 4) is 11.8 Å². The third-order valence-electron chi connectivity index (χ3n) is 8.56. The van der Waals surface area contributed by atoms with Crippen LogP contribution >= 0.6 is 0 Å². The van der Waals surface area contributed by atoms with Gasteiger partial charge in [0.25, 0.3) is 5.91 Å². The Hall–Kier alpha value is -3.34. The van der Waals surface area contributed by atoms with Crippen molar-refractivity contribution in [3.63, 3.8) is 0 Å². The number of amides is 2. The molecule has 1 aromatic carbocycles. The number of carbonyl (C=O) groups excluding carboxylic acids is 3. The van der Waals surface area contributed by atoms with Crippen LogP contribution in [0.2, 0.25) is 0 Å². The highest BCUT2D eigenvalue weighted by Crippen LogP contribution is 2.57. The fourth-order valence-corrected chi connectivity index (χ4v) is 6.76. The van der Waals surface area contributed by atoms with E-state index in [1.165, 1.54) is 6.42 Å². The normalized spacial score (nSPS) is 23.0. The lowest BCUT2D eigenvalue weighted by Crippen LogP contribution is -2.70. The Kier molecular flexibility index (Phi) is 6.50. The van der Waals surface area contributed by atoms with Crippen molar-refractivity contribution in [1.82, 2.24) is 15.6 Å². The number of hydrogen-bond donors (Lipinski definition) is 3. The highest BCUT2D eigenvalue weighted by atomic mass is 16.5. The molecule has 3 N–H and O–H groups in total. The molecule has 0 saturated heterocycles. The molecule has 1 spiro atoms. The van der Waals surface area contributed by atoms with Crippen molar-refractivity contribution in [1.29, 1.82) is 5.26 Å². The number of fused-ring (bicyclic) bond motifs is 1. The molecule has 8 heteroatoms. The Morgan fingerprint density at radius 2 is 2.00 bits per heavy atom. The summed E-state index contributed by atoms with van der Waals surface area (Å²) in [4.78, 5) is 42.3. The monoisotopic (exact) mass is 490 g/mol. The maximum Gasteiger partial charge on any atom is 0.268 e. The smallest absolute Gasteiger partial charge is 0.268 e. The number of nitriles is 1. The number of nitrogens with one attached hydrogen (secondary N) is 3. The lowest BCUT2D eigenvalue weighted by molar-refractivity contribution is -0.140. The number of H-pyrrole nitrogens is 1. The van der Waals surface area contributed by atoms with Gasteiger partial charge in [-0.3, -0.25) is 14.4 Å². The summed E-state index contributed by atoms with van der Waals surface area (Å²) in [5.41, 5.74) is 0.140. The number of carbonyl (C=O) groups is 3. The van der Waals surface area contributed by atoms with Crippen molar-refractivity contribution in [2.75, 3.05) is 7.11 Å². The van der Waals surface area contributed by atoms with Crippen LogP contribution in [0.25, 0.3) is 10.9 Å². The topological polar surface area (TPSA) is 124 Å². The summed E-state index contributed by atoms with van der Waals surface area (Å²) >= 11 is 0. The van der Waals surface area contributed by atoms with E-state index in [0.717, 1.165) is 49.4 Å². The molecule has 1 aromatic heterocycles. The molecule has 3 aliphatic carbocycles. The highest BCUT2D eigenvalue weighted by molar-refractivity contribution is 6.03. The van der Waals surface area contributed by atoms with E-state index >= 15 is 0 Å². The lowest BCUT2D eigenvalue weighted by Gasteiger charge is -2.57. The van der Waals surface area contributed by atoms with E-state index in [9.17, 15) is 19.6 Å². The molecule has 5 rings (SSSR count). The van der Waals surface area contributed by atoms with Crippen LogP contribution in [0.4, 0.5) is 0 Å². The molecule has 2 aromatic rings. The van der Waals surface area contributed by atoms with Gasteiger partial charge in [-0.1, -0.05) is 25.3 Å². The zero-order valence-corrected chi connectivity index (χ0v) is 20.8. The van der Waals surface area contributed by atoms with E-state index in [0.29, 0.717) is 37.1 Å². The molecule has 8 nitrogen and oxygen atoms in total. The molecule has 0 aliphatic heterocycles. The number of ether oxygens (including phenoxy) is 1. The maximum absolute atomic E-state index is 13.6. The van der Waals surface area contributed by atoms with Gasteiger partial charge in [0.1, 0.15) is 28.8 Å². The van der Waals surface area contributed by atoms with Gasteiger partial charge >= 0.3 is 0 Å². The second-order valence-electron chi connectivity index (χ2n) is 11.0. The Morgan fingerprint density at radius 1 is 1.22 bits per heavy atom. The molecule has 0 unspecified atom stereocenters. The number of rotatable bonds is 7. The molecule has 3 fully saturated rings. The van der Waals surface area contributed by atoms with E-state index in [2.05, 4.69) is 21.7 Å².